The minimum atomic E-state index is -1.45. The van der Waals surface area contributed by atoms with Crippen molar-refractivity contribution in [2.24, 2.45) is 32.9 Å². The van der Waals surface area contributed by atoms with Crippen LogP contribution in [0.1, 0.15) is 82.5 Å². The first-order valence-electron chi connectivity index (χ1n) is 25.5. The Balaban J connectivity index is 0.000000742. The molecule has 0 aliphatic carbocycles. The van der Waals surface area contributed by atoms with Crippen LogP contribution in [-0.4, -0.2) is 148 Å². The molecule has 1 saturated heterocycles. The highest BCUT2D eigenvalue weighted by Crippen LogP contribution is 2.17. The van der Waals surface area contributed by atoms with E-state index in [1.54, 1.807) is 30.3 Å². The van der Waals surface area contributed by atoms with Crippen LogP contribution in [0.5, 0.6) is 0 Å². The average molecular weight is 1090 g/mol. The molecule has 4 unspecified atom stereocenters. The number of aliphatic carboxylic acids is 1. The lowest BCUT2D eigenvalue weighted by atomic mass is 10.0. The molecule has 1 aliphatic rings. The molecule has 0 bridgehead atoms. The Morgan fingerprint density at radius 1 is 0.756 bits per heavy atom. The summed E-state index contributed by atoms with van der Waals surface area (Å²) in [5.74, 6) is -7.36. The number of nitrogens with two attached hydrogens (primary N) is 4. The summed E-state index contributed by atoms with van der Waals surface area (Å²) in [6, 6.07) is 10.3. The molecular weight excluding hydrogens is 1010 g/mol. The van der Waals surface area contributed by atoms with Crippen LogP contribution < -0.4 is 65.5 Å². The van der Waals surface area contributed by atoms with Crippen LogP contribution in [0, 0.1) is 0 Å². The van der Waals surface area contributed by atoms with Crippen molar-refractivity contribution in [1.82, 2.24) is 57.5 Å². The Bertz CT molecular complexity index is 2630. The van der Waals surface area contributed by atoms with Crippen LogP contribution in [0.4, 0.5) is 0 Å². The molecule has 27 heteroatoms. The molecule has 0 saturated carbocycles. The van der Waals surface area contributed by atoms with Gasteiger partial charge in [0.15, 0.2) is 11.9 Å². The van der Waals surface area contributed by atoms with Gasteiger partial charge in [-0.15, -0.1) is 0 Å². The number of nitrogens with zero attached hydrogens (tertiary/aromatic N) is 3. The number of fused-ring (bicyclic) bond motifs is 1. The number of hydrogen-bond donors (Lipinski definition) is 15. The third-order valence-electron chi connectivity index (χ3n) is 11.5. The molecule has 5 rings (SSSR count). The van der Waals surface area contributed by atoms with E-state index in [0.717, 1.165) is 19.4 Å². The minimum absolute atomic E-state index is 0.0187. The first-order valence-corrected chi connectivity index (χ1v) is 25.5. The molecule has 5 atom stereocenters. The molecule has 0 radical (unpaired) electrons. The van der Waals surface area contributed by atoms with Gasteiger partial charge in [-0.25, -0.2) is 9.78 Å². The van der Waals surface area contributed by atoms with Crippen LogP contribution in [0.15, 0.2) is 83.3 Å². The lowest BCUT2D eigenvalue weighted by Gasteiger charge is -2.26. The van der Waals surface area contributed by atoms with Gasteiger partial charge in [-0.2, -0.15) is 0 Å². The molecule has 2 aromatic heterocycles. The Morgan fingerprint density at radius 3 is 2.06 bits per heavy atom. The molecule has 424 valence electrons. The predicted octanol–water partition coefficient (Wildman–Crippen LogP) is -1.90. The maximum atomic E-state index is 14.1. The van der Waals surface area contributed by atoms with Gasteiger partial charge in [-0.3, -0.25) is 48.3 Å². The fraction of sp³-hybridized carbons (Fsp3) is 0.451. The third-order valence-corrected chi connectivity index (χ3v) is 11.5. The highest BCUT2D eigenvalue weighted by atomic mass is 16.4. The summed E-state index contributed by atoms with van der Waals surface area (Å²) in [6.45, 7) is 5.04. The number of imidazole rings is 1. The molecule has 27 nitrogen and oxygen atoms in total. The minimum Gasteiger partial charge on any atom is -0.480 e. The zero-order valence-electron chi connectivity index (χ0n) is 44.2. The zero-order chi connectivity index (χ0) is 57.4. The van der Waals surface area contributed by atoms with E-state index in [2.05, 4.69) is 105 Å². The summed E-state index contributed by atoms with van der Waals surface area (Å²) in [4.78, 5) is 135. The summed E-state index contributed by atoms with van der Waals surface area (Å²) < 4.78 is 0. The summed E-state index contributed by atoms with van der Waals surface area (Å²) in [5, 5.41) is 31.0. The second kappa shape index (κ2) is 34.5. The van der Waals surface area contributed by atoms with Crippen molar-refractivity contribution in [3.8, 4) is 0 Å². The number of amides is 8. The topological polar surface area (TPSA) is 443 Å². The highest BCUT2D eigenvalue weighted by Gasteiger charge is 2.32. The second-order valence-corrected chi connectivity index (χ2v) is 17.9. The van der Waals surface area contributed by atoms with E-state index in [4.69, 9.17) is 22.9 Å². The fourth-order valence-corrected chi connectivity index (χ4v) is 7.59. The molecule has 78 heavy (non-hydrogen) atoms. The number of aliphatic imine (C=N–C) groups is 2. The normalized spacial score (nSPS) is 18.3. The monoisotopic (exact) mass is 1090 g/mol. The maximum absolute atomic E-state index is 14.1. The number of benzene rings is 2. The van der Waals surface area contributed by atoms with Crippen molar-refractivity contribution < 1.29 is 48.3 Å². The first-order chi connectivity index (χ1) is 37.3. The Kier molecular flexibility index (Phi) is 28.0. The molecule has 3 heterocycles. The molecule has 8 amide bonds. The van der Waals surface area contributed by atoms with Gasteiger partial charge in [-0.1, -0.05) is 62.4 Å². The molecule has 1 aliphatic heterocycles. The second-order valence-electron chi connectivity index (χ2n) is 17.9. The van der Waals surface area contributed by atoms with Crippen LogP contribution in [0.2, 0.25) is 0 Å². The van der Waals surface area contributed by atoms with Crippen LogP contribution in [0.25, 0.3) is 10.9 Å². The Hall–Kier alpha value is -9.04. The van der Waals surface area contributed by atoms with E-state index in [0.29, 0.717) is 11.3 Å². The van der Waals surface area contributed by atoms with Gasteiger partial charge in [0.2, 0.25) is 47.3 Å². The number of aromatic nitrogens is 3. The lowest BCUT2D eigenvalue weighted by molar-refractivity contribution is -0.142. The number of carbonyl (C=O) groups excluding carboxylic acids is 8. The standard InChI is InChI=1S/C37H53N13O10.C10H11N.C4H11N3/c1-21(51)46-24(9-5-14-42-37(38)39)33(56)48-25-11-12-29(52)41-13-6-10-26(36(59)60)47-31(54)19-43-30(53)18-44-32(55)27(15-22-7-3-2-4-8-22)49-35(58)28(50-34(25)57)16-23-17-40-20-45-23;1-2-8-7-11-10-6-4-3-5-9(8)10;1-2-3-7-4(5)6/h2-4,7-8,17,20,24-28H,5-6,9-16,18-19H2,1H3,(H,40,45)(H,41,52)(H,43,53)(H,44,55)(H,46,51)(H,47,54)(H,48,56)(H,49,58)(H,50,57)(H,59,60)(H4,38,39,42);3-7,11H,2H2,1H3;2-3H2,1H3,(H4,5,6,7)/t24?,25?,26?,27?,28-;;/m0../s1. The summed E-state index contributed by atoms with van der Waals surface area (Å²) >= 11 is 0. The van der Waals surface area contributed by atoms with Gasteiger partial charge in [0.05, 0.1) is 19.4 Å². The molecule has 0 spiro atoms. The van der Waals surface area contributed by atoms with Crippen LogP contribution in [0.3, 0.4) is 0 Å². The maximum Gasteiger partial charge on any atom is 0.326 e. The summed E-state index contributed by atoms with van der Waals surface area (Å²) in [5.41, 5.74) is 24.5. The van der Waals surface area contributed by atoms with Crippen molar-refractivity contribution in [1.29, 1.82) is 0 Å². The van der Waals surface area contributed by atoms with E-state index in [-0.39, 0.29) is 76.4 Å². The van der Waals surface area contributed by atoms with Crippen molar-refractivity contribution in [3.63, 3.8) is 0 Å². The van der Waals surface area contributed by atoms with E-state index in [1.807, 2.05) is 6.92 Å². The SMILES string of the molecule is CC(=O)NC(CCCN=C(N)N)C(=O)NC1CCC(=O)NCCCC(C(=O)O)NC(=O)CNC(=O)CNC(=O)C(Cc2ccccc2)NC(=O)[C@H](Cc2cnc[nH]2)NC1=O.CCCN=C(N)N.CCc1c[nH]c2ccccc12. The molecule has 2 aromatic carbocycles. The lowest BCUT2D eigenvalue weighted by Crippen LogP contribution is -2.59. The third kappa shape index (κ3) is 24.5. The number of carboxylic acid groups (broad SMARTS) is 1. The number of carbonyl (C=O) groups is 9. The molecule has 4 aromatic rings. The predicted molar refractivity (Wildman–Crippen MR) is 291 cm³/mol. The number of aryl methyl sites for hydroxylation is 1. The molecule has 1 fully saturated rings. The van der Waals surface area contributed by atoms with Gasteiger partial charge >= 0.3 is 5.97 Å². The number of rotatable bonds is 15. The van der Waals surface area contributed by atoms with Crippen molar-refractivity contribution in [3.05, 3.63) is 90.1 Å². The van der Waals surface area contributed by atoms with E-state index in [9.17, 15) is 48.3 Å². The van der Waals surface area contributed by atoms with E-state index < -0.39 is 96.5 Å². The van der Waals surface area contributed by atoms with Crippen LogP contribution >= 0.6 is 0 Å². The number of hydrogen-bond acceptors (Lipinski definition) is 12. The first kappa shape index (κ1) is 63.3. The number of para-hydroxylation sites is 1. The fourth-order valence-electron chi connectivity index (χ4n) is 7.59. The molecule has 19 N–H and O–H groups in total. The van der Waals surface area contributed by atoms with Crippen molar-refractivity contribution in [2.45, 2.75) is 115 Å². The van der Waals surface area contributed by atoms with Gasteiger partial charge in [0, 0.05) is 74.8 Å². The Morgan fingerprint density at radius 2 is 1.42 bits per heavy atom. The van der Waals surface area contributed by atoms with Crippen LogP contribution in [-0.2, 0) is 62.4 Å². The smallest absolute Gasteiger partial charge is 0.326 e. The van der Waals surface area contributed by atoms with Gasteiger partial charge in [0.1, 0.15) is 30.2 Å². The average Bonchev–Trinajstić information content (AvgIpc) is 4.10. The number of guanidine groups is 2. The number of carboxylic acids is 1. The summed E-state index contributed by atoms with van der Waals surface area (Å²) in [7, 11) is 0. The number of nitrogens with one attached hydrogen (secondary N) is 10. The number of aromatic amines is 2. The molecular formula is C51H75N17O10. The zero-order valence-corrected chi connectivity index (χ0v) is 44.2. The summed E-state index contributed by atoms with van der Waals surface area (Å²) in [6.07, 6.45) is 6.45. The van der Waals surface area contributed by atoms with Gasteiger partial charge in [-0.05, 0) is 62.1 Å². The quantitative estimate of drug-likeness (QED) is 0.0351. The highest BCUT2D eigenvalue weighted by molar-refractivity contribution is 5.97. The van der Waals surface area contributed by atoms with Gasteiger partial charge < -0.3 is 80.5 Å². The number of H-pyrrole nitrogens is 2. The van der Waals surface area contributed by atoms with E-state index in [1.165, 1.54) is 35.9 Å². The Labute approximate surface area is 451 Å². The largest absolute Gasteiger partial charge is 0.480 e. The van der Waals surface area contributed by atoms with E-state index >= 15 is 0 Å². The van der Waals surface area contributed by atoms with Crippen molar-refractivity contribution in [2.75, 3.05) is 32.7 Å². The van der Waals surface area contributed by atoms with Crippen molar-refractivity contribution >= 4 is 76.0 Å². The van der Waals surface area contributed by atoms with Gasteiger partial charge in [0.25, 0.3) is 0 Å².